The molecule has 0 heterocycles. The van der Waals surface area contributed by atoms with Gasteiger partial charge in [-0.25, -0.2) is 0 Å². The number of benzene rings is 3. The lowest BCUT2D eigenvalue weighted by Crippen LogP contribution is -2.67. The van der Waals surface area contributed by atoms with E-state index in [0.717, 1.165) is 35.9 Å². The van der Waals surface area contributed by atoms with Crippen LogP contribution in [0.15, 0.2) is 83.3 Å². The molecule has 0 spiro atoms. The number of ether oxygens (including phenoxy) is 1. The smallest absolute Gasteiger partial charge is 0.261 e. The summed E-state index contributed by atoms with van der Waals surface area (Å²) < 4.78 is 14.8. The van der Waals surface area contributed by atoms with Crippen molar-refractivity contribution in [1.29, 1.82) is 0 Å². The van der Waals surface area contributed by atoms with E-state index in [1.807, 2.05) is 0 Å². The SMILES string of the molecule is Cc1cc(OC2CCC(O[Si](c3ccccc3)(c3ccccc3)C(C)(C)C)CC2)ccc1Br. The zero-order chi connectivity index (χ0) is 23.5. The first-order valence-corrected chi connectivity index (χ1v) is 14.7. The van der Waals surface area contributed by atoms with Crippen LogP contribution in [-0.4, -0.2) is 20.5 Å². The fraction of sp³-hybridized carbons (Fsp3) is 0.379. The van der Waals surface area contributed by atoms with E-state index in [0.29, 0.717) is 0 Å². The minimum Gasteiger partial charge on any atom is -0.490 e. The molecule has 174 valence electrons. The number of hydrogen-bond acceptors (Lipinski definition) is 2. The highest BCUT2D eigenvalue weighted by Gasteiger charge is 2.51. The average Bonchev–Trinajstić information content (AvgIpc) is 2.81. The molecule has 1 aliphatic carbocycles. The monoisotopic (exact) mass is 522 g/mol. The molecular formula is C29H35BrO2Si. The van der Waals surface area contributed by atoms with E-state index >= 15 is 0 Å². The third kappa shape index (κ3) is 5.29. The van der Waals surface area contributed by atoms with Crippen LogP contribution in [0.4, 0.5) is 0 Å². The number of aryl methyl sites for hydroxylation is 1. The van der Waals surface area contributed by atoms with Crippen LogP contribution in [0.25, 0.3) is 0 Å². The van der Waals surface area contributed by atoms with Gasteiger partial charge < -0.3 is 9.16 Å². The van der Waals surface area contributed by atoms with E-state index in [1.165, 1.54) is 15.9 Å². The van der Waals surface area contributed by atoms with Crippen LogP contribution in [0.1, 0.15) is 52.0 Å². The van der Waals surface area contributed by atoms with E-state index in [1.54, 1.807) is 0 Å². The van der Waals surface area contributed by atoms with Crippen LogP contribution < -0.4 is 15.1 Å². The topological polar surface area (TPSA) is 18.5 Å². The maximum absolute atomic E-state index is 7.33. The fourth-order valence-electron chi connectivity index (χ4n) is 5.09. The molecule has 3 aromatic carbocycles. The summed E-state index contributed by atoms with van der Waals surface area (Å²) in [6.07, 6.45) is 4.62. The van der Waals surface area contributed by atoms with Crippen molar-refractivity contribution in [2.75, 3.05) is 0 Å². The first-order valence-electron chi connectivity index (χ1n) is 12.0. The highest BCUT2D eigenvalue weighted by atomic mass is 79.9. The van der Waals surface area contributed by atoms with Crippen molar-refractivity contribution in [3.8, 4) is 5.75 Å². The Labute approximate surface area is 208 Å². The second-order valence-corrected chi connectivity index (χ2v) is 15.3. The minimum absolute atomic E-state index is 0.0119. The second-order valence-electron chi connectivity index (χ2n) is 10.2. The van der Waals surface area contributed by atoms with Gasteiger partial charge in [0.25, 0.3) is 8.32 Å². The Morgan fingerprint density at radius 2 is 1.27 bits per heavy atom. The van der Waals surface area contributed by atoms with Crippen LogP contribution in [0.5, 0.6) is 5.75 Å². The molecule has 0 saturated heterocycles. The van der Waals surface area contributed by atoms with Gasteiger partial charge in [0.2, 0.25) is 0 Å². The Morgan fingerprint density at radius 1 is 0.758 bits per heavy atom. The molecule has 0 bridgehead atoms. The summed E-state index contributed by atoms with van der Waals surface area (Å²) in [6.45, 7) is 9.16. The molecule has 1 saturated carbocycles. The summed E-state index contributed by atoms with van der Waals surface area (Å²) >= 11 is 3.58. The number of halogens is 1. The zero-order valence-electron chi connectivity index (χ0n) is 20.2. The molecular weight excluding hydrogens is 488 g/mol. The van der Waals surface area contributed by atoms with Crippen LogP contribution in [0.2, 0.25) is 5.04 Å². The third-order valence-corrected chi connectivity index (χ3v) is 12.8. The Hall–Kier alpha value is -1.88. The van der Waals surface area contributed by atoms with Crippen LogP contribution in [0, 0.1) is 6.92 Å². The predicted molar refractivity (Wildman–Crippen MR) is 144 cm³/mol. The van der Waals surface area contributed by atoms with Gasteiger partial charge in [-0.1, -0.05) is 97.4 Å². The van der Waals surface area contributed by atoms with Crippen LogP contribution >= 0.6 is 15.9 Å². The van der Waals surface area contributed by atoms with E-state index in [2.05, 4.69) is 122 Å². The number of hydrogen-bond donors (Lipinski definition) is 0. The molecule has 0 aliphatic heterocycles. The lowest BCUT2D eigenvalue weighted by molar-refractivity contribution is 0.0750. The fourth-order valence-corrected chi connectivity index (χ4v) is 10.1. The maximum atomic E-state index is 7.33. The normalized spacial score (nSPS) is 19.3. The summed E-state index contributed by atoms with van der Waals surface area (Å²) in [5.41, 5.74) is 1.20. The molecule has 0 amide bonds. The molecule has 1 aliphatic rings. The molecule has 0 unspecified atom stereocenters. The highest BCUT2D eigenvalue weighted by molar-refractivity contribution is 9.10. The Balaban J connectivity index is 1.55. The van der Waals surface area contributed by atoms with Gasteiger partial charge in [0.15, 0.2) is 0 Å². The quantitative estimate of drug-likeness (QED) is 0.323. The highest BCUT2D eigenvalue weighted by Crippen LogP contribution is 2.39. The van der Waals surface area contributed by atoms with Crippen molar-refractivity contribution in [2.45, 2.75) is 70.6 Å². The molecule has 1 fully saturated rings. The van der Waals surface area contributed by atoms with Crippen LogP contribution in [0.3, 0.4) is 0 Å². The number of rotatable bonds is 6. The van der Waals surface area contributed by atoms with Gasteiger partial charge in [-0.05, 0) is 71.8 Å². The summed E-state index contributed by atoms with van der Waals surface area (Å²) in [5, 5.41) is 2.72. The van der Waals surface area contributed by atoms with E-state index in [9.17, 15) is 0 Å². The molecule has 4 rings (SSSR count). The largest absolute Gasteiger partial charge is 0.490 e. The summed E-state index contributed by atoms with van der Waals surface area (Å²) in [6, 6.07) is 28.2. The first-order chi connectivity index (χ1) is 15.8. The van der Waals surface area contributed by atoms with Crippen molar-refractivity contribution in [3.63, 3.8) is 0 Å². The Kier molecular flexibility index (Phi) is 7.47. The summed E-state index contributed by atoms with van der Waals surface area (Å²) in [4.78, 5) is 0. The van der Waals surface area contributed by atoms with Crippen molar-refractivity contribution >= 4 is 34.6 Å². The first kappa shape index (κ1) is 24.2. The summed E-state index contributed by atoms with van der Waals surface area (Å²) in [7, 11) is -2.49. The standard InChI is InChI=1S/C29H35BrO2Si/c1-22-21-25(19-20-28(22)30)31-23-15-17-24(18-16-23)32-33(29(2,3)4,26-11-7-5-8-12-26)27-13-9-6-10-14-27/h5-14,19-21,23-24H,15-18H2,1-4H3. The van der Waals surface area contributed by atoms with Crippen LogP contribution in [-0.2, 0) is 4.43 Å². The van der Waals surface area contributed by atoms with Crippen molar-refractivity contribution in [2.24, 2.45) is 0 Å². The predicted octanol–water partition coefficient (Wildman–Crippen LogP) is 7.02. The minimum atomic E-state index is -2.49. The van der Waals surface area contributed by atoms with Gasteiger partial charge in [0.1, 0.15) is 5.75 Å². The van der Waals surface area contributed by atoms with Gasteiger partial charge in [-0.15, -0.1) is 0 Å². The maximum Gasteiger partial charge on any atom is 0.261 e. The molecule has 3 aromatic rings. The Bertz CT molecular complexity index is 999. The lowest BCUT2D eigenvalue weighted by atomic mass is 9.95. The van der Waals surface area contributed by atoms with Gasteiger partial charge in [0, 0.05) is 10.6 Å². The second kappa shape index (κ2) is 10.2. The molecule has 2 nitrogen and oxygen atoms in total. The molecule has 0 aromatic heterocycles. The van der Waals surface area contributed by atoms with Gasteiger partial charge in [0.05, 0.1) is 6.10 Å². The summed E-state index contributed by atoms with van der Waals surface area (Å²) in [5.74, 6) is 0.965. The molecule has 0 N–H and O–H groups in total. The van der Waals surface area contributed by atoms with E-state index < -0.39 is 8.32 Å². The Morgan fingerprint density at radius 3 is 1.76 bits per heavy atom. The molecule has 33 heavy (non-hydrogen) atoms. The molecule has 4 heteroatoms. The van der Waals surface area contributed by atoms with Gasteiger partial charge in [-0.3, -0.25) is 0 Å². The van der Waals surface area contributed by atoms with Gasteiger partial charge >= 0.3 is 0 Å². The van der Waals surface area contributed by atoms with E-state index in [4.69, 9.17) is 9.16 Å². The van der Waals surface area contributed by atoms with Gasteiger partial charge in [-0.2, -0.15) is 0 Å². The average molecular weight is 524 g/mol. The van der Waals surface area contributed by atoms with E-state index in [-0.39, 0.29) is 17.2 Å². The zero-order valence-corrected chi connectivity index (χ0v) is 22.8. The molecule has 0 radical (unpaired) electrons. The molecule has 0 atom stereocenters. The van der Waals surface area contributed by atoms with Crippen molar-refractivity contribution in [3.05, 3.63) is 88.9 Å². The van der Waals surface area contributed by atoms with Crippen molar-refractivity contribution in [1.82, 2.24) is 0 Å². The third-order valence-electron chi connectivity index (χ3n) is 6.81. The lowest BCUT2D eigenvalue weighted by Gasteiger charge is -2.46. The van der Waals surface area contributed by atoms with Crippen molar-refractivity contribution < 1.29 is 9.16 Å².